The van der Waals surface area contributed by atoms with Crippen LogP contribution in [0.25, 0.3) is 0 Å². The highest BCUT2D eigenvalue weighted by Crippen LogP contribution is 2.38. The predicted molar refractivity (Wildman–Crippen MR) is 362 cm³/mol. The van der Waals surface area contributed by atoms with Crippen LogP contribution < -0.4 is 10.2 Å². The molecule has 480 valence electrons. The van der Waals surface area contributed by atoms with Gasteiger partial charge < -0.3 is 28.8 Å². The second-order valence-electron chi connectivity index (χ2n) is 24.5. The fourth-order valence-corrected chi connectivity index (χ4v) is 10.6. The Labute approximate surface area is 514 Å². The van der Waals surface area contributed by atoms with Gasteiger partial charge in [-0.1, -0.05) is 309 Å². The zero-order chi connectivity index (χ0) is 60.5. The van der Waals surface area contributed by atoms with Gasteiger partial charge in [0.15, 0.2) is 0 Å². The van der Waals surface area contributed by atoms with E-state index in [1.54, 1.807) is 6.08 Å². The van der Waals surface area contributed by atoms with Gasteiger partial charge in [-0.25, -0.2) is 0 Å². The van der Waals surface area contributed by atoms with Crippen LogP contribution in [0, 0.1) is 0 Å². The summed E-state index contributed by atoms with van der Waals surface area (Å²) in [4.78, 5) is 25.6. The molecule has 0 fully saturated rings. The van der Waals surface area contributed by atoms with E-state index in [-0.39, 0.29) is 12.5 Å². The van der Waals surface area contributed by atoms with E-state index in [1.165, 1.54) is 199 Å². The summed E-state index contributed by atoms with van der Waals surface area (Å²) in [5.74, 6) is -0.210. The Morgan fingerprint density at radius 3 is 1.12 bits per heavy atom. The van der Waals surface area contributed by atoms with E-state index in [9.17, 15) is 19.4 Å². The first-order valence-corrected chi connectivity index (χ1v) is 36.2. The van der Waals surface area contributed by atoms with Gasteiger partial charge in [0.2, 0.25) is 5.91 Å². The van der Waals surface area contributed by atoms with E-state index < -0.39 is 26.6 Å². The molecular formula is C74H133N2O6P. The molecule has 0 heterocycles. The Morgan fingerprint density at radius 1 is 0.434 bits per heavy atom. The number of carbonyl (C=O) groups is 1. The fraction of sp³-hybridized carbons (Fsp3) is 0.743. The van der Waals surface area contributed by atoms with Crippen molar-refractivity contribution in [2.24, 2.45) is 0 Å². The first-order chi connectivity index (χ1) is 40.5. The van der Waals surface area contributed by atoms with E-state index in [1.807, 2.05) is 27.2 Å². The minimum atomic E-state index is -4.62. The molecular weight excluding hydrogens is 1040 g/mol. The topological polar surface area (TPSA) is 108 Å². The first kappa shape index (κ1) is 80.2. The highest BCUT2D eigenvalue weighted by molar-refractivity contribution is 7.45. The lowest BCUT2D eigenvalue weighted by Crippen LogP contribution is -2.45. The lowest BCUT2D eigenvalue weighted by molar-refractivity contribution is -0.870. The highest BCUT2D eigenvalue weighted by Gasteiger charge is 2.23. The van der Waals surface area contributed by atoms with Crippen LogP contribution in [0.2, 0.25) is 0 Å². The number of rotatable bonds is 63. The molecule has 3 atom stereocenters. The summed E-state index contributed by atoms with van der Waals surface area (Å²) in [6.07, 6.45) is 93.5. The van der Waals surface area contributed by atoms with Gasteiger partial charge in [-0.15, -0.1) is 0 Å². The molecule has 0 radical (unpaired) electrons. The molecule has 0 rings (SSSR count). The molecule has 2 N–H and O–H groups in total. The number of aliphatic hydroxyl groups is 1. The molecule has 0 aliphatic rings. The Kier molecular flexibility index (Phi) is 61.5. The van der Waals surface area contributed by atoms with E-state index in [4.69, 9.17) is 9.05 Å². The number of quaternary nitrogens is 1. The second kappa shape index (κ2) is 63.7. The van der Waals surface area contributed by atoms with Crippen LogP contribution >= 0.6 is 7.82 Å². The zero-order valence-corrected chi connectivity index (χ0v) is 55.8. The maximum absolute atomic E-state index is 13.0. The van der Waals surface area contributed by atoms with Crippen molar-refractivity contribution >= 4 is 13.7 Å². The monoisotopic (exact) mass is 1180 g/mol. The van der Waals surface area contributed by atoms with Gasteiger partial charge in [0.05, 0.1) is 39.9 Å². The number of nitrogens with zero attached hydrogens (tertiary/aromatic N) is 1. The molecule has 0 saturated heterocycles. The molecule has 8 nitrogen and oxygen atoms in total. The number of hydrogen-bond donors (Lipinski definition) is 2. The number of phosphoric acid groups is 1. The minimum absolute atomic E-state index is 0.0117. The number of hydrogen-bond acceptors (Lipinski definition) is 6. The molecule has 83 heavy (non-hydrogen) atoms. The van der Waals surface area contributed by atoms with Crippen molar-refractivity contribution in [3.8, 4) is 0 Å². The molecule has 0 spiro atoms. The smallest absolute Gasteiger partial charge is 0.268 e. The van der Waals surface area contributed by atoms with Gasteiger partial charge in [-0.3, -0.25) is 9.36 Å². The number of amides is 1. The van der Waals surface area contributed by atoms with Crippen LogP contribution in [0.15, 0.2) is 109 Å². The van der Waals surface area contributed by atoms with Gasteiger partial charge >= 0.3 is 0 Å². The molecule has 0 saturated carbocycles. The van der Waals surface area contributed by atoms with E-state index in [0.29, 0.717) is 17.4 Å². The molecule has 9 heteroatoms. The quantitative estimate of drug-likeness (QED) is 0.0272. The molecule has 0 aliphatic carbocycles. The Balaban J connectivity index is 4.10. The van der Waals surface area contributed by atoms with E-state index >= 15 is 0 Å². The van der Waals surface area contributed by atoms with Crippen molar-refractivity contribution in [2.75, 3.05) is 40.9 Å². The van der Waals surface area contributed by atoms with Crippen LogP contribution in [0.5, 0.6) is 0 Å². The summed E-state index contributed by atoms with van der Waals surface area (Å²) in [6, 6.07) is -0.916. The Bertz CT molecular complexity index is 1720. The number of allylic oxidation sites excluding steroid dienone is 17. The van der Waals surface area contributed by atoms with Crippen LogP contribution in [-0.4, -0.2) is 68.5 Å². The highest BCUT2D eigenvalue weighted by atomic mass is 31.2. The largest absolute Gasteiger partial charge is 0.756 e. The van der Waals surface area contributed by atoms with Gasteiger partial charge in [-0.2, -0.15) is 0 Å². The van der Waals surface area contributed by atoms with Crippen molar-refractivity contribution in [2.45, 2.75) is 315 Å². The van der Waals surface area contributed by atoms with Crippen molar-refractivity contribution in [1.29, 1.82) is 0 Å². The number of nitrogens with one attached hydrogen (secondary N) is 1. The summed E-state index contributed by atoms with van der Waals surface area (Å²) in [5.41, 5.74) is 0. The molecule has 1 amide bonds. The predicted octanol–water partition coefficient (Wildman–Crippen LogP) is 21.6. The summed E-state index contributed by atoms with van der Waals surface area (Å²) < 4.78 is 23.4. The lowest BCUT2D eigenvalue weighted by Gasteiger charge is -2.29. The molecule has 0 aromatic heterocycles. The van der Waals surface area contributed by atoms with Crippen molar-refractivity contribution in [1.82, 2.24) is 5.32 Å². The fourth-order valence-electron chi connectivity index (χ4n) is 9.84. The van der Waals surface area contributed by atoms with Crippen LogP contribution in [0.3, 0.4) is 0 Å². The number of aliphatic hydroxyl groups excluding tert-OH is 1. The SMILES string of the molecule is CC/C=C\C/C=C\C/C=C\C/C=C\C/C=C\C/C=C\CCCCCCCCCCCCCCCCCCCCC(=O)NC(COP(=O)([O-])OCC[N+](C)(C)C)C(O)/C=C/CC/C=C/CC/C=C/CCCCCCCCCCCCCCCC. The third-order valence-electron chi connectivity index (χ3n) is 15.2. The van der Waals surface area contributed by atoms with Crippen molar-refractivity contribution < 1.29 is 32.9 Å². The number of carbonyl (C=O) groups excluding carboxylic acids is 1. The molecule has 3 unspecified atom stereocenters. The van der Waals surface area contributed by atoms with Crippen molar-refractivity contribution in [3.63, 3.8) is 0 Å². The van der Waals surface area contributed by atoms with Gasteiger partial charge in [0, 0.05) is 6.42 Å². The summed E-state index contributed by atoms with van der Waals surface area (Å²) in [6.45, 7) is 4.53. The van der Waals surface area contributed by atoms with Gasteiger partial charge in [0.1, 0.15) is 13.2 Å². The first-order valence-electron chi connectivity index (χ1n) is 34.7. The zero-order valence-electron chi connectivity index (χ0n) is 54.9. The minimum Gasteiger partial charge on any atom is -0.756 e. The normalized spacial score (nSPS) is 14.3. The maximum Gasteiger partial charge on any atom is 0.268 e. The summed E-state index contributed by atoms with van der Waals surface area (Å²) in [5, 5.41) is 13.9. The van der Waals surface area contributed by atoms with Crippen LogP contribution in [0.4, 0.5) is 0 Å². The second-order valence-corrected chi connectivity index (χ2v) is 25.9. The Morgan fingerprint density at radius 2 is 0.747 bits per heavy atom. The third kappa shape index (κ3) is 66.5. The average Bonchev–Trinajstić information content (AvgIpc) is 3.50. The molecule has 0 bridgehead atoms. The van der Waals surface area contributed by atoms with Gasteiger partial charge in [0.25, 0.3) is 7.82 Å². The third-order valence-corrected chi connectivity index (χ3v) is 16.2. The van der Waals surface area contributed by atoms with Gasteiger partial charge in [-0.05, 0) is 96.3 Å². The lowest BCUT2D eigenvalue weighted by atomic mass is 10.0. The maximum atomic E-state index is 13.0. The number of unbranched alkanes of at least 4 members (excludes halogenated alkanes) is 34. The van der Waals surface area contributed by atoms with Crippen LogP contribution in [0.1, 0.15) is 303 Å². The van der Waals surface area contributed by atoms with Crippen molar-refractivity contribution in [3.05, 3.63) is 109 Å². The Hall–Kier alpha value is -2.84. The van der Waals surface area contributed by atoms with E-state index in [2.05, 4.69) is 116 Å². The number of phosphoric ester groups is 1. The summed E-state index contributed by atoms with van der Waals surface area (Å²) in [7, 11) is 1.23. The molecule has 0 aromatic rings. The summed E-state index contributed by atoms with van der Waals surface area (Å²) >= 11 is 0. The average molecular weight is 1180 g/mol. The van der Waals surface area contributed by atoms with Crippen LogP contribution in [-0.2, 0) is 18.4 Å². The standard InChI is InChI=1S/C74H133N2O6P/c1-6-8-10-12-14-16-18-20-22-24-26-28-30-32-33-34-35-36-37-38-39-40-41-42-43-44-46-48-50-52-54-56-58-60-62-64-66-68-74(78)75-72(71-82-83(79,80)81-70-69-76(3,4)5)73(77)67-65-63-61-59-57-55-53-51-49-47-45-31-29-27-25-23-21-19-17-15-13-11-9-7-2/h8,10,14,16,20,22,26,28,32-33,35-36,49,51,57,59,65,67,72-73,77H,6-7,9,11-13,15,17-19,21,23-25,27,29-31,34,37-48,50,52-56,58,60-64,66,68-71H2,1-5H3,(H-,75,78,79,80)/b10-8-,16-14-,22-20-,28-26-,33-32-,36-35-,51-49+,59-57+,67-65+. The molecule has 0 aromatic carbocycles. The van der Waals surface area contributed by atoms with E-state index in [0.717, 1.165) is 83.5 Å². The molecule has 0 aliphatic heterocycles. The number of likely N-dealkylation sites (N-methyl/N-ethyl adjacent to an activating group) is 1.